The monoisotopic (exact) mass is 243 g/mol. The highest BCUT2D eigenvalue weighted by Crippen LogP contribution is 2.14. The summed E-state index contributed by atoms with van der Waals surface area (Å²) in [5, 5.41) is 0.0921. The Bertz CT molecular complexity index is 381. The molecule has 16 heavy (non-hydrogen) atoms. The molecule has 0 bridgehead atoms. The van der Waals surface area contributed by atoms with Gasteiger partial charge in [0.25, 0.3) is 0 Å². The summed E-state index contributed by atoms with van der Waals surface area (Å²) in [5.41, 5.74) is 7.23. The molecule has 0 aromatic heterocycles. The fourth-order valence-electron chi connectivity index (χ4n) is 1.48. The average Bonchev–Trinajstić information content (AvgIpc) is 2.22. The van der Waals surface area contributed by atoms with Crippen LogP contribution in [0.15, 0.2) is 18.2 Å². The Morgan fingerprint density at radius 1 is 1.50 bits per heavy atom. The Balaban J connectivity index is 2.69. The minimum absolute atomic E-state index is 0.0921. The van der Waals surface area contributed by atoms with Crippen molar-refractivity contribution in [3.63, 3.8) is 0 Å². The molecule has 0 amide bonds. The molecule has 0 saturated heterocycles. The van der Waals surface area contributed by atoms with Gasteiger partial charge < -0.3 is 5.73 Å². The van der Waals surface area contributed by atoms with Crippen LogP contribution in [0, 0.1) is 12.7 Å². The Morgan fingerprint density at radius 2 is 2.19 bits per heavy atom. The van der Waals surface area contributed by atoms with Crippen molar-refractivity contribution in [1.29, 1.82) is 0 Å². The fraction of sp³-hybridized carbons (Fsp3) is 0.500. The van der Waals surface area contributed by atoms with E-state index in [1.54, 1.807) is 6.07 Å². The zero-order valence-electron chi connectivity index (χ0n) is 9.70. The predicted octanol–water partition coefficient (Wildman–Crippen LogP) is 2.12. The molecule has 0 fully saturated rings. The molecule has 0 aliphatic rings. The first kappa shape index (κ1) is 13.3. The maximum atomic E-state index is 12.9. The van der Waals surface area contributed by atoms with Crippen molar-refractivity contribution in [1.82, 2.24) is 0 Å². The SMILES string of the molecule is Cc1cc(F)ccc1CS(=O)C(C)CCN. The number of rotatable bonds is 5. The van der Waals surface area contributed by atoms with E-state index in [0.717, 1.165) is 17.5 Å². The Morgan fingerprint density at radius 3 is 2.75 bits per heavy atom. The van der Waals surface area contributed by atoms with Crippen LogP contribution in [0.2, 0.25) is 0 Å². The van der Waals surface area contributed by atoms with E-state index in [1.807, 2.05) is 13.8 Å². The number of aryl methyl sites for hydroxylation is 1. The maximum Gasteiger partial charge on any atom is 0.123 e. The van der Waals surface area contributed by atoms with Crippen LogP contribution in [0.25, 0.3) is 0 Å². The summed E-state index contributed by atoms with van der Waals surface area (Å²) in [7, 11) is -0.935. The van der Waals surface area contributed by atoms with Crippen LogP contribution in [0.3, 0.4) is 0 Å². The molecule has 1 aromatic rings. The van der Waals surface area contributed by atoms with E-state index in [2.05, 4.69) is 0 Å². The smallest absolute Gasteiger partial charge is 0.123 e. The van der Waals surface area contributed by atoms with Gasteiger partial charge in [0, 0.05) is 21.8 Å². The highest BCUT2D eigenvalue weighted by atomic mass is 32.2. The lowest BCUT2D eigenvalue weighted by molar-refractivity contribution is 0.625. The van der Waals surface area contributed by atoms with E-state index < -0.39 is 10.8 Å². The van der Waals surface area contributed by atoms with Gasteiger partial charge in [0.05, 0.1) is 0 Å². The van der Waals surface area contributed by atoms with Crippen LogP contribution < -0.4 is 5.73 Å². The summed E-state index contributed by atoms with van der Waals surface area (Å²) in [6, 6.07) is 4.59. The van der Waals surface area contributed by atoms with Crippen LogP contribution in [0.5, 0.6) is 0 Å². The highest BCUT2D eigenvalue weighted by Gasteiger charge is 2.12. The van der Waals surface area contributed by atoms with Gasteiger partial charge in [-0.1, -0.05) is 13.0 Å². The van der Waals surface area contributed by atoms with Gasteiger partial charge in [-0.05, 0) is 43.1 Å². The third kappa shape index (κ3) is 3.68. The van der Waals surface area contributed by atoms with Crippen molar-refractivity contribution < 1.29 is 8.60 Å². The standard InChI is InChI=1S/C12H18FNOS/c1-9-7-12(13)4-3-11(9)8-16(15)10(2)5-6-14/h3-4,7,10H,5-6,8,14H2,1-2H3. The van der Waals surface area contributed by atoms with E-state index in [9.17, 15) is 8.60 Å². The van der Waals surface area contributed by atoms with E-state index >= 15 is 0 Å². The number of hydrogen-bond donors (Lipinski definition) is 1. The molecule has 4 heteroatoms. The summed E-state index contributed by atoms with van der Waals surface area (Å²) in [6.45, 7) is 4.32. The lowest BCUT2D eigenvalue weighted by Gasteiger charge is -2.11. The minimum atomic E-state index is -0.935. The summed E-state index contributed by atoms with van der Waals surface area (Å²) in [6.07, 6.45) is 0.757. The van der Waals surface area contributed by atoms with Gasteiger partial charge in [-0.2, -0.15) is 0 Å². The lowest BCUT2D eigenvalue weighted by Crippen LogP contribution is -2.17. The molecule has 1 aromatic carbocycles. The average molecular weight is 243 g/mol. The van der Waals surface area contributed by atoms with Crippen LogP contribution in [0.4, 0.5) is 4.39 Å². The van der Waals surface area contributed by atoms with Crippen molar-refractivity contribution in [3.8, 4) is 0 Å². The predicted molar refractivity (Wildman–Crippen MR) is 66.1 cm³/mol. The van der Waals surface area contributed by atoms with E-state index in [-0.39, 0.29) is 11.1 Å². The molecule has 2 nitrogen and oxygen atoms in total. The topological polar surface area (TPSA) is 43.1 Å². The normalized spacial score (nSPS) is 14.8. The van der Waals surface area contributed by atoms with Crippen molar-refractivity contribution in [3.05, 3.63) is 35.1 Å². The first-order valence-electron chi connectivity index (χ1n) is 5.37. The van der Waals surface area contributed by atoms with Gasteiger partial charge in [0.1, 0.15) is 5.82 Å². The summed E-state index contributed by atoms with van der Waals surface area (Å²) in [5.74, 6) is 0.231. The van der Waals surface area contributed by atoms with Gasteiger partial charge in [0.15, 0.2) is 0 Å². The van der Waals surface area contributed by atoms with Crippen molar-refractivity contribution in [2.24, 2.45) is 5.73 Å². The second kappa shape index (κ2) is 6.11. The van der Waals surface area contributed by atoms with Crippen molar-refractivity contribution >= 4 is 10.8 Å². The van der Waals surface area contributed by atoms with Crippen molar-refractivity contribution in [2.45, 2.75) is 31.3 Å². The molecule has 2 N–H and O–H groups in total. The van der Waals surface area contributed by atoms with Crippen LogP contribution in [-0.2, 0) is 16.6 Å². The number of halogens is 1. The zero-order chi connectivity index (χ0) is 12.1. The number of benzene rings is 1. The second-order valence-corrected chi connectivity index (χ2v) is 5.84. The third-order valence-corrected chi connectivity index (χ3v) is 4.35. The molecule has 90 valence electrons. The maximum absolute atomic E-state index is 12.9. The number of hydrogen-bond acceptors (Lipinski definition) is 2. The van der Waals surface area contributed by atoms with E-state index in [1.165, 1.54) is 12.1 Å². The fourth-order valence-corrected chi connectivity index (χ4v) is 2.80. The lowest BCUT2D eigenvalue weighted by atomic mass is 10.1. The van der Waals surface area contributed by atoms with Gasteiger partial charge >= 0.3 is 0 Å². The molecule has 0 radical (unpaired) electrons. The first-order valence-corrected chi connectivity index (χ1v) is 6.75. The largest absolute Gasteiger partial charge is 0.330 e. The van der Waals surface area contributed by atoms with Gasteiger partial charge in [-0.25, -0.2) is 4.39 Å². The quantitative estimate of drug-likeness (QED) is 0.860. The molecule has 0 saturated carbocycles. The highest BCUT2D eigenvalue weighted by molar-refractivity contribution is 7.84. The molecule has 1 rings (SSSR count). The van der Waals surface area contributed by atoms with Crippen LogP contribution >= 0.6 is 0 Å². The molecule has 2 unspecified atom stereocenters. The molecule has 2 atom stereocenters. The molecule has 0 spiro atoms. The summed E-state index contributed by atoms with van der Waals surface area (Å²) < 4.78 is 24.8. The summed E-state index contributed by atoms with van der Waals surface area (Å²) in [4.78, 5) is 0. The Labute approximate surface area is 98.5 Å². The van der Waals surface area contributed by atoms with Gasteiger partial charge in [-0.15, -0.1) is 0 Å². The Kier molecular flexibility index (Phi) is 5.09. The van der Waals surface area contributed by atoms with Crippen molar-refractivity contribution in [2.75, 3.05) is 6.54 Å². The molecular formula is C12H18FNOS. The molecule has 0 aliphatic carbocycles. The van der Waals surface area contributed by atoms with Gasteiger partial charge in [0.2, 0.25) is 0 Å². The second-order valence-electron chi connectivity index (χ2n) is 3.98. The molecule has 0 aliphatic heterocycles. The third-order valence-electron chi connectivity index (χ3n) is 2.62. The zero-order valence-corrected chi connectivity index (χ0v) is 10.5. The van der Waals surface area contributed by atoms with E-state index in [0.29, 0.717) is 12.3 Å². The minimum Gasteiger partial charge on any atom is -0.330 e. The molecule has 0 heterocycles. The van der Waals surface area contributed by atoms with Gasteiger partial charge in [-0.3, -0.25) is 4.21 Å². The summed E-state index contributed by atoms with van der Waals surface area (Å²) >= 11 is 0. The first-order chi connectivity index (χ1) is 7.54. The van der Waals surface area contributed by atoms with Crippen LogP contribution in [0.1, 0.15) is 24.5 Å². The molecular weight excluding hydrogens is 225 g/mol. The van der Waals surface area contributed by atoms with E-state index in [4.69, 9.17) is 5.73 Å². The Hall–Kier alpha value is -0.740. The number of nitrogens with two attached hydrogens (primary N) is 1. The van der Waals surface area contributed by atoms with Crippen LogP contribution in [-0.4, -0.2) is 16.0 Å².